The van der Waals surface area contributed by atoms with Crippen molar-refractivity contribution in [2.75, 3.05) is 13.1 Å². The van der Waals surface area contributed by atoms with Crippen molar-refractivity contribution >= 4 is 17.7 Å². The fourth-order valence-corrected chi connectivity index (χ4v) is 5.14. The van der Waals surface area contributed by atoms with Gasteiger partial charge in [0.2, 0.25) is 0 Å². The quantitative estimate of drug-likeness (QED) is 0.662. The van der Waals surface area contributed by atoms with Crippen LogP contribution in [0.2, 0.25) is 5.02 Å². The molecule has 2 atom stereocenters. The number of hydrogen-bond donors (Lipinski definition) is 0. The van der Waals surface area contributed by atoms with Crippen LogP contribution in [0.5, 0.6) is 0 Å². The molecule has 0 radical (unpaired) electrons. The molecule has 0 N–H and O–H groups in total. The summed E-state index contributed by atoms with van der Waals surface area (Å²) in [5.41, 5.74) is 5.81. The molecule has 2 aromatic carbocycles. The summed E-state index contributed by atoms with van der Waals surface area (Å²) in [5.74, 6) is 0.595. The average Bonchev–Trinajstić information content (AvgIpc) is 2.94. The molecule has 2 unspecified atom stereocenters. The fraction of sp³-hybridized carbons (Fsp3) is 0.391. The van der Waals surface area contributed by atoms with Crippen molar-refractivity contribution in [3.63, 3.8) is 0 Å². The number of rotatable bonds is 3. The highest BCUT2D eigenvalue weighted by Crippen LogP contribution is 2.52. The Kier molecular flexibility index (Phi) is 4.47. The van der Waals surface area contributed by atoms with Crippen LogP contribution in [0.3, 0.4) is 0 Å². The maximum atomic E-state index is 6.74. The van der Waals surface area contributed by atoms with Gasteiger partial charge >= 0.3 is 0 Å². The highest BCUT2D eigenvalue weighted by molar-refractivity contribution is 6.33. The zero-order chi connectivity index (χ0) is 17.4. The Balaban J connectivity index is 1.63. The van der Waals surface area contributed by atoms with Crippen molar-refractivity contribution in [1.82, 2.24) is 4.90 Å². The molecule has 2 aliphatic rings. The number of allylic oxidation sites excluding steroid dienone is 1. The predicted octanol–water partition coefficient (Wildman–Crippen LogP) is 5.93. The topological polar surface area (TPSA) is 3.24 Å². The van der Waals surface area contributed by atoms with E-state index in [0.29, 0.717) is 11.3 Å². The predicted molar refractivity (Wildman–Crippen MR) is 107 cm³/mol. The van der Waals surface area contributed by atoms with E-state index in [2.05, 4.69) is 66.4 Å². The van der Waals surface area contributed by atoms with Crippen LogP contribution in [0.25, 0.3) is 6.08 Å². The largest absolute Gasteiger partial charge is 0.298 e. The summed E-state index contributed by atoms with van der Waals surface area (Å²) < 4.78 is 0. The lowest BCUT2D eigenvalue weighted by molar-refractivity contribution is 0.240. The van der Waals surface area contributed by atoms with Crippen LogP contribution in [0.15, 0.2) is 48.5 Å². The minimum atomic E-state index is 0.368. The smallest absolute Gasteiger partial charge is 0.0513 e. The second-order valence-electron chi connectivity index (χ2n) is 7.90. The van der Waals surface area contributed by atoms with E-state index < -0.39 is 0 Å². The third-order valence-electron chi connectivity index (χ3n) is 6.09. The molecule has 0 saturated carbocycles. The van der Waals surface area contributed by atoms with Crippen LogP contribution in [0.4, 0.5) is 0 Å². The molecule has 0 amide bonds. The van der Waals surface area contributed by atoms with Gasteiger partial charge in [-0.2, -0.15) is 0 Å². The molecule has 2 heteroatoms. The van der Waals surface area contributed by atoms with Crippen LogP contribution in [-0.2, 0) is 13.0 Å². The van der Waals surface area contributed by atoms with Crippen molar-refractivity contribution in [2.45, 2.75) is 39.2 Å². The van der Waals surface area contributed by atoms with Crippen molar-refractivity contribution < 1.29 is 0 Å². The molecule has 0 aromatic heterocycles. The zero-order valence-corrected chi connectivity index (χ0v) is 15.9. The Morgan fingerprint density at radius 1 is 1.20 bits per heavy atom. The lowest BCUT2D eigenvalue weighted by atomic mass is 9.67. The number of halogens is 1. The third-order valence-corrected chi connectivity index (χ3v) is 6.54. The van der Waals surface area contributed by atoms with E-state index in [1.165, 1.54) is 29.7 Å². The summed E-state index contributed by atoms with van der Waals surface area (Å²) in [6.45, 7) is 7.88. The highest BCUT2D eigenvalue weighted by Gasteiger charge is 2.46. The van der Waals surface area contributed by atoms with Crippen molar-refractivity contribution in [3.05, 3.63) is 75.8 Å². The van der Waals surface area contributed by atoms with Gasteiger partial charge in [0.05, 0.1) is 5.02 Å². The first-order valence-corrected chi connectivity index (χ1v) is 9.69. The van der Waals surface area contributed by atoms with Gasteiger partial charge < -0.3 is 0 Å². The number of likely N-dealkylation sites (tertiary alicyclic amines) is 1. The second-order valence-corrected chi connectivity index (χ2v) is 8.28. The number of benzene rings is 2. The molecule has 4 rings (SSSR count). The van der Waals surface area contributed by atoms with E-state index in [-0.39, 0.29) is 0 Å². The van der Waals surface area contributed by atoms with Gasteiger partial charge in [-0.1, -0.05) is 73.1 Å². The Bertz CT molecular complexity index is 795. The minimum absolute atomic E-state index is 0.368. The molecule has 0 bridgehead atoms. The number of hydrogen-bond acceptors (Lipinski definition) is 1. The summed E-state index contributed by atoms with van der Waals surface area (Å²) in [6, 6.07) is 15.4. The van der Waals surface area contributed by atoms with Crippen molar-refractivity contribution in [2.24, 2.45) is 5.41 Å². The first-order chi connectivity index (χ1) is 12.1. The maximum Gasteiger partial charge on any atom is 0.0513 e. The molecule has 1 aliphatic heterocycles. The second kappa shape index (κ2) is 6.63. The fourth-order valence-electron chi connectivity index (χ4n) is 4.81. The lowest BCUT2D eigenvalue weighted by Gasteiger charge is -2.37. The van der Waals surface area contributed by atoms with Crippen LogP contribution in [0.1, 0.15) is 48.4 Å². The molecular weight excluding hydrogens is 326 g/mol. The molecule has 25 heavy (non-hydrogen) atoms. The molecule has 2 aromatic rings. The first kappa shape index (κ1) is 16.9. The number of fused-ring (bicyclic) bond motifs is 3. The summed E-state index contributed by atoms with van der Waals surface area (Å²) in [5, 5.41) is 0.971. The van der Waals surface area contributed by atoms with Gasteiger partial charge in [-0.15, -0.1) is 0 Å². The summed E-state index contributed by atoms with van der Waals surface area (Å²) in [6.07, 6.45) is 6.52. The van der Waals surface area contributed by atoms with Gasteiger partial charge in [-0.25, -0.2) is 0 Å². The van der Waals surface area contributed by atoms with Crippen LogP contribution < -0.4 is 0 Å². The first-order valence-electron chi connectivity index (χ1n) is 9.31. The standard InChI is InChI=1S/C23H26ClN/c1-3-7-18-10-11-19-20(22(18)24)12-13-23(2)16-25(15-21(19)23)14-17-8-5-4-6-9-17/h3-11,21H,12-16H2,1-2H3/b7-3-. The van der Waals surface area contributed by atoms with Gasteiger partial charge in [0.1, 0.15) is 0 Å². The average molecular weight is 352 g/mol. The SMILES string of the molecule is C/C=C\c1ccc2c(c1Cl)CCC1(C)CN(Cc3ccccc3)CC21. The van der Waals surface area contributed by atoms with E-state index in [9.17, 15) is 0 Å². The molecule has 1 heterocycles. The van der Waals surface area contributed by atoms with Crippen molar-refractivity contribution in [1.29, 1.82) is 0 Å². The molecule has 1 aliphatic carbocycles. The highest BCUT2D eigenvalue weighted by atomic mass is 35.5. The minimum Gasteiger partial charge on any atom is -0.298 e. The van der Waals surface area contributed by atoms with Crippen LogP contribution >= 0.6 is 11.6 Å². The Hall–Kier alpha value is -1.57. The van der Waals surface area contributed by atoms with Crippen LogP contribution in [0, 0.1) is 5.41 Å². The van der Waals surface area contributed by atoms with Crippen molar-refractivity contribution in [3.8, 4) is 0 Å². The van der Waals surface area contributed by atoms with Gasteiger partial charge in [0.15, 0.2) is 0 Å². The molecule has 1 nitrogen and oxygen atoms in total. The van der Waals surface area contributed by atoms with E-state index in [0.717, 1.165) is 30.1 Å². The maximum absolute atomic E-state index is 6.74. The van der Waals surface area contributed by atoms with Crippen LogP contribution in [-0.4, -0.2) is 18.0 Å². The molecule has 1 saturated heterocycles. The molecular formula is C23H26ClN. The van der Waals surface area contributed by atoms with E-state index in [1.54, 1.807) is 0 Å². The lowest BCUT2D eigenvalue weighted by Crippen LogP contribution is -2.30. The summed E-state index contributed by atoms with van der Waals surface area (Å²) in [7, 11) is 0. The summed E-state index contributed by atoms with van der Waals surface area (Å²) >= 11 is 6.74. The third kappa shape index (κ3) is 3.05. The normalized spacial score (nSPS) is 26.0. The van der Waals surface area contributed by atoms with Gasteiger partial charge in [-0.3, -0.25) is 4.90 Å². The van der Waals surface area contributed by atoms with E-state index in [1.807, 2.05) is 6.92 Å². The van der Waals surface area contributed by atoms with Gasteiger partial charge in [0, 0.05) is 25.6 Å². The summed E-state index contributed by atoms with van der Waals surface area (Å²) in [4.78, 5) is 2.63. The Morgan fingerprint density at radius 2 is 2.00 bits per heavy atom. The van der Waals surface area contributed by atoms with E-state index in [4.69, 9.17) is 11.6 Å². The van der Waals surface area contributed by atoms with E-state index >= 15 is 0 Å². The zero-order valence-electron chi connectivity index (χ0n) is 15.1. The number of nitrogens with zero attached hydrogens (tertiary/aromatic N) is 1. The monoisotopic (exact) mass is 351 g/mol. The molecule has 0 spiro atoms. The molecule has 1 fully saturated rings. The Morgan fingerprint density at radius 3 is 2.76 bits per heavy atom. The van der Waals surface area contributed by atoms with Gasteiger partial charge in [0.25, 0.3) is 0 Å². The Labute approximate surface area is 156 Å². The van der Waals surface area contributed by atoms with Gasteiger partial charge in [-0.05, 0) is 47.4 Å². The molecule has 130 valence electrons.